The van der Waals surface area contributed by atoms with Crippen LogP contribution in [0.25, 0.3) is 6.08 Å². The molecule has 0 bridgehead atoms. The lowest BCUT2D eigenvalue weighted by atomic mass is 9.91. The molecule has 0 fully saturated rings. The zero-order chi connectivity index (χ0) is 20.1. The molecule has 1 atom stereocenters. The first-order valence-electron chi connectivity index (χ1n) is 8.97. The summed E-state index contributed by atoms with van der Waals surface area (Å²) in [4.78, 5) is 29.8. The van der Waals surface area contributed by atoms with E-state index >= 15 is 0 Å². The molecule has 6 nitrogen and oxygen atoms in total. The monoisotopic (exact) mass is 378 g/mol. The Bertz CT molecular complexity index is 930. The van der Waals surface area contributed by atoms with Crippen molar-refractivity contribution in [1.82, 2.24) is 0 Å². The summed E-state index contributed by atoms with van der Waals surface area (Å²) < 4.78 is 0. The minimum absolute atomic E-state index is 0.0827. The van der Waals surface area contributed by atoms with Crippen molar-refractivity contribution in [3.05, 3.63) is 71.3 Å². The maximum Gasteiger partial charge on any atom is 0.308 e. The summed E-state index contributed by atoms with van der Waals surface area (Å²) in [6.45, 7) is 3.76. The van der Waals surface area contributed by atoms with E-state index in [-0.39, 0.29) is 6.42 Å². The summed E-state index contributed by atoms with van der Waals surface area (Å²) in [6, 6.07) is 15.3. The second-order valence-electron chi connectivity index (χ2n) is 6.88. The molecule has 1 aliphatic rings. The molecule has 0 saturated carbocycles. The van der Waals surface area contributed by atoms with Crippen LogP contribution in [0.3, 0.4) is 0 Å². The molecule has 6 heteroatoms. The minimum atomic E-state index is -1.57. The molecule has 1 unspecified atom stereocenters. The Balaban J connectivity index is 1.79. The van der Waals surface area contributed by atoms with Crippen molar-refractivity contribution in [1.29, 1.82) is 0 Å². The van der Waals surface area contributed by atoms with E-state index in [2.05, 4.69) is 10.5 Å². The Labute approximate surface area is 163 Å². The topological polar surface area (TPSA) is 88.0 Å². The van der Waals surface area contributed by atoms with Gasteiger partial charge in [0.1, 0.15) is 0 Å². The molecule has 0 radical (unpaired) electrons. The number of carbonyl (C=O) groups is 2. The fraction of sp³-hybridized carbons (Fsp3) is 0.227. The van der Waals surface area contributed by atoms with Gasteiger partial charge in [-0.3, -0.25) is 9.59 Å². The van der Waals surface area contributed by atoms with Crippen molar-refractivity contribution >= 4 is 29.4 Å². The number of aryl methyl sites for hydroxylation is 2. The smallest absolute Gasteiger partial charge is 0.308 e. The van der Waals surface area contributed by atoms with Crippen LogP contribution in [-0.4, -0.2) is 28.3 Å². The summed E-state index contributed by atoms with van der Waals surface area (Å²) in [6.07, 6.45) is 3.20. The third-order valence-corrected chi connectivity index (χ3v) is 4.64. The van der Waals surface area contributed by atoms with Gasteiger partial charge in [0.25, 0.3) is 5.91 Å². The molecule has 2 aromatic rings. The Morgan fingerprint density at radius 3 is 2.43 bits per heavy atom. The van der Waals surface area contributed by atoms with E-state index in [0.717, 1.165) is 16.7 Å². The largest absolute Gasteiger partial charge is 0.481 e. The van der Waals surface area contributed by atoms with E-state index in [4.69, 9.17) is 4.84 Å². The number of benzene rings is 2. The highest BCUT2D eigenvalue weighted by atomic mass is 16.7. The lowest BCUT2D eigenvalue weighted by Crippen LogP contribution is -2.45. The van der Waals surface area contributed by atoms with Gasteiger partial charge in [0, 0.05) is 12.1 Å². The standard InChI is InChI=1S/C22H22N2O4/c1-15-7-6-8-16(2)20(15)23-21(27)22(14-19(25)26)13-18(24-28-22)12-11-17-9-4-3-5-10-17/h3-12H,13-14H2,1-2H3,(H,23,27)(H,25,26). The van der Waals surface area contributed by atoms with E-state index in [1.807, 2.05) is 68.5 Å². The number of rotatable bonds is 6. The normalized spacial score (nSPS) is 18.6. The van der Waals surface area contributed by atoms with E-state index in [0.29, 0.717) is 11.4 Å². The van der Waals surface area contributed by atoms with Gasteiger partial charge in [-0.05, 0) is 36.6 Å². The Morgan fingerprint density at radius 1 is 1.11 bits per heavy atom. The molecule has 1 aliphatic heterocycles. The number of anilines is 1. The number of aliphatic carboxylic acids is 1. The summed E-state index contributed by atoms with van der Waals surface area (Å²) in [5.74, 6) is -1.64. The third kappa shape index (κ3) is 4.28. The number of carboxylic acids is 1. The lowest BCUT2D eigenvalue weighted by Gasteiger charge is -2.24. The number of hydrogen-bond acceptors (Lipinski definition) is 4. The molecule has 2 N–H and O–H groups in total. The Morgan fingerprint density at radius 2 is 1.79 bits per heavy atom. The predicted molar refractivity (Wildman–Crippen MR) is 108 cm³/mol. The van der Waals surface area contributed by atoms with Crippen LogP contribution >= 0.6 is 0 Å². The van der Waals surface area contributed by atoms with Crippen molar-refractivity contribution in [2.75, 3.05) is 5.32 Å². The molecule has 1 amide bonds. The number of oxime groups is 1. The van der Waals surface area contributed by atoms with Crippen LogP contribution in [0.2, 0.25) is 0 Å². The first-order valence-corrected chi connectivity index (χ1v) is 8.97. The zero-order valence-electron chi connectivity index (χ0n) is 15.8. The molecule has 0 saturated heterocycles. The molecular formula is C22H22N2O4. The number of carbonyl (C=O) groups excluding carboxylic acids is 1. The van der Waals surface area contributed by atoms with Crippen LogP contribution in [0.1, 0.15) is 29.5 Å². The van der Waals surface area contributed by atoms with Gasteiger partial charge in [-0.1, -0.05) is 59.8 Å². The second kappa shape index (κ2) is 8.08. The molecule has 2 aromatic carbocycles. The van der Waals surface area contributed by atoms with Crippen LogP contribution in [0.4, 0.5) is 5.69 Å². The SMILES string of the molecule is Cc1cccc(C)c1NC(=O)C1(CC(=O)O)CC(C=Cc2ccccc2)=NO1. The van der Waals surface area contributed by atoms with Crippen molar-refractivity contribution in [2.45, 2.75) is 32.3 Å². The minimum Gasteiger partial charge on any atom is -0.481 e. The molecular weight excluding hydrogens is 356 g/mol. The maximum atomic E-state index is 13.0. The fourth-order valence-corrected chi connectivity index (χ4v) is 3.13. The molecule has 0 spiro atoms. The van der Waals surface area contributed by atoms with E-state index in [1.165, 1.54) is 0 Å². The summed E-state index contributed by atoms with van der Waals surface area (Å²) in [7, 11) is 0. The quantitative estimate of drug-likeness (QED) is 0.797. The summed E-state index contributed by atoms with van der Waals surface area (Å²) in [5, 5.41) is 16.1. The van der Waals surface area contributed by atoms with E-state index < -0.39 is 23.9 Å². The summed E-state index contributed by atoms with van der Waals surface area (Å²) in [5.41, 5.74) is 2.36. The first kappa shape index (κ1) is 19.4. The third-order valence-electron chi connectivity index (χ3n) is 4.64. The molecule has 28 heavy (non-hydrogen) atoms. The Kier molecular flexibility index (Phi) is 5.59. The highest BCUT2D eigenvalue weighted by Gasteiger charge is 2.48. The van der Waals surface area contributed by atoms with Crippen LogP contribution in [0.5, 0.6) is 0 Å². The van der Waals surface area contributed by atoms with E-state index in [9.17, 15) is 14.7 Å². The van der Waals surface area contributed by atoms with Gasteiger partial charge in [-0.15, -0.1) is 0 Å². The van der Waals surface area contributed by atoms with Crippen LogP contribution in [0, 0.1) is 13.8 Å². The van der Waals surface area contributed by atoms with Gasteiger partial charge < -0.3 is 15.3 Å². The van der Waals surface area contributed by atoms with Crippen molar-refractivity contribution in [3.8, 4) is 0 Å². The number of para-hydroxylation sites is 1. The lowest BCUT2D eigenvalue weighted by molar-refractivity contribution is -0.152. The van der Waals surface area contributed by atoms with Crippen LogP contribution < -0.4 is 5.32 Å². The highest BCUT2D eigenvalue weighted by molar-refractivity contribution is 6.08. The maximum absolute atomic E-state index is 13.0. The van der Waals surface area contributed by atoms with Gasteiger partial charge in [0.15, 0.2) is 0 Å². The molecule has 0 aromatic heterocycles. The van der Waals surface area contributed by atoms with Gasteiger partial charge in [0.05, 0.1) is 12.1 Å². The van der Waals surface area contributed by atoms with Gasteiger partial charge >= 0.3 is 5.97 Å². The number of allylic oxidation sites excluding steroid dienone is 1. The number of amides is 1. The Hall–Kier alpha value is -3.41. The molecule has 3 rings (SSSR count). The van der Waals surface area contributed by atoms with E-state index in [1.54, 1.807) is 6.08 Å². The van der Waals surface area contributed by atoms with Gasteiger partial charge in [-0.2, -0.15) is 0 Å². The second-order valence-corrected chi connectivity index (χ2v) is 6.88. The number of nitrogens with one attached hydrogen (secondary N) is 1. The first-order chi connectivity index (χ1) is 13.4. The molecule has 0 aliphatic carbocycles. The van der Waals surface area contributed by atoms with Crippen molar-refractivity contribution in [2.24, 2.45) is 5.16 Å². The van der Waals surface area contributed by atoms with Crippen molar-refractivity contribution in [3.63, 3.8) is 0 Å². The fourth-order valence-electron chi connectivity index (χ4n) is 3.13. The van der Waals surface area contributed by atoms with Gasteiger partial charge in [0.2, 0.25) is 5.60 Å². The molecule has 144 valence electrons. The number of hydrogen-bond donors (Lipinski definition) is 2. The average molecular weight is 378 g/mol. The number of nitrogens with zero attached hydrogens (tertiary/aromatic N) is 1. The summed E-state index contributed by atoms with van der Waals surface area (Å²) >= 11 is 0. The average Bonchev–Trinajstić information content (AvgIpc) is 3.07. The predicted octanol–water partition coefficient (Wildman–Crippen LogP) is 3.95. The van der Waals surface area contributed by atoms with Crippen molar-refractivity contribution < 1.29 is 19.5 Å². The molecule has 1 heterocycles. The zero-order valence-corrected chi connectivity index (χ0v) is 15.8. The van der Waals surface area contributed by atoms with Crippen LogP contribution in [0.15, 0.2) is 59.8 Å². The highest BCUT2D eigenvalue weighted by Crippen LogP contribution is 2.31. The number of carboxylic acid groups (broad SMARTS) is 1. The van der Waals surface area contributed by atoms with Gasteiger partial charge in [-0.25, -0.2) is 0 Å². The van der Waals surface area contributed by atoms with Crippen LogP contribution in [-0.2, 0) is 14.4 Å².